The van der Waals surface area contributed by atoms with Gasteiger partial charge in [0, 0.05) is 13.1 Å². The predicted molar refractivity (Wildman–Crippen MR) is 59.8 cm³/mol. The highest BCUT2D eigenvalue weighted by Crippen LogP contribution is 2.21. The molecular formula is C10H15N5. The molecule has 0 aliphatic heterocycles. The van der Waals surface area contributed by atoms with Gasteiger partial charge < -0.3 is 4.90 Å². The molecule has 80 valence electrons. The van der Waals surface area contributed by atoms with Gasteiger partial charge in [-0.1, -0.05) is 6.92 Å². The van der Waals surface area contributed by atoms with Gasteiger partial charge in [-0.25, -0.2) is 9.97 Å². The van der Waals surface area contributed by atoms with Crippen LogP contribution in [0.5, 0.6) is 0 Å². The summed E-state index contributed by atoms with van der Waals surface area (Å²) in [6.07, 6.45) is 4.41. The molecule has 0 aliphatic rings. The van der Waals surface area contributed by atoms with Crippen LogP contribution in [0.15, 0.2) is 12.5 Å². The largest absolute Gasteiger partial charge is 0.356 e. The normalized spacial score (nSPS) is 13.0. The van der Waals surface area contributed by atoms with Crippen molar-refractivity contribution in [2.75, 3.05) is 11.9 Å². The van der Waals surface area contributed by atoms with Crippen molar-refractivity contribution in [1.29, 1.82) is 0 Å². The van der Waals surface area contributed by atoms with E-state index in [-0.39, 0.29) is 0 Å². The molecule has 1 N–H and O–H groups in total. The predicted octanol–water partition coefficient (Wildman–Crippen LogP) is 1.59. The second-order valence-electron chi connectivity index (χ2n) is 3.70. The summed E-state index contributed by atoms with van der Waals surface area (Å²) in [4.78, 5) is 10.6. The van der Waals surface area contributed by atoms with Crippen molar-refractivity contribution >= 4 is 16.9 Å². The van der Waals surface area contributed by atoms with Crippen molar-refractivity contribution in [2.24, 2.45) is 0 Å². The van der Waals surface area contributed by atoms with Gasteiger partial charge in [-0.15, -0.1) is 0 Å². The third-order valence-electron chi connectivity index (χ3n) is 2.81. The molecule has 0 aromatic carbocycles. The van der Waals surface area contributed by atoms with E-state index in [1.165, 1.54) is 0 Å². The standard InChI is InChI=1S/C10H15N5/c1-4-7(2)15(3)10-8-5-13-14-9(8)11-6-12-10/h5-7H,4H2,1-3H3,(H,11,12,13,14). The average molecular weight is 205 g/mol. The highest BCUT2D eigenvalue weighted by atomic mass is 15.2. The highest BCUT2D eigenvalue weighted by Gasteiger charge is 2.13. The van der Waals surface area contributed by atoms with E-state index < -0.39 is 0 Å². The van der Waals surface area contributed by atoms with Gasteiger partial charge in [-0.3, -0.25) is 5.10 Å². The van der Waals surface area contributed by atoms with Crippen LogP contribution < -0.4 is 4.90 Å². The summed E-state index contributed by atoms with van der Waals surface area (Å²) >= 11 is 0. The Kier molecular flexibility index (Phi) is 2.53. The molecule has 1 unspecified atom stereocenters. The molecule has 0 aliphatic carbocycles. The molecule has 0 saturated heterocycles. The molecule has 1 atom stereocenters. The Balaban J connectivity index is 2.46. The van der Waals surface area contributed by atoms with E-state index in [0.717, 1.165) is 23.3 Å². The lowest BCUT2D eigenvalue weighted by molar-refractivity contribution is 0.658. The SMILES string of the molecule is CCC(C)N(C)c1ncnc2[nH]ncc12. The number of nitrogens with one attached hydrogen (secondary N) is 1. The van der Waals surface area contributed by atoms with Crippen LogP contribution in [0.1, 0.15) is 20.3 Å². The Bertz CT molecular complexity index is 450. The lowest BCUT2D eigenvalue weighted by Gasteiger charge is -2.24. The monoisotopic (exact) mass is 205 g/mol. The minimum atomic E-state index is 0.456. The highest BCUT2D eigenvalue weighted by molar-refractivity contribution is 5.86. The molecule has 0 fully saturated rings. The zero-order valence-electron chi connectivity index (χ0n) is 9.23. The molecule has 2 rings (SSSR count). The van der Waals surface area contributed by atoms with E-state index in [9.17, 15) is 0 Å². The van der Waals surface area contributed by atoms with Crippen molar-refractivity contribution in [2.45, 2.75) is 26.3 Å². The van der Waals surface area contributed by atoms with Crippen LogP contribution in [0.3, 0.4) is 0 Å². The van der Waals surface area contributed by atoms with Gasteiger partial charge in [-0.05, 0) is 13.3 Å². The van der Waals surface area contributed by atoms with E-state index in [1.54, 1.807) is 12.5 Å². The first-order valence-electron chi connectivity index (χ1n) is 5.11. The lowest BCUT2D eigenvalue weighted by Crippen LogP contribution is -2.28. The van der Waals surface area contributed by atoms with Crippen molar-refractivity contribution in [3.05, 3.63) is 12.5 Å². The summed E-state index contributed by atoms with van der Waals surface area (Å²) in [7, 11) is 2.04. The molecule has 2 aromatic rings. The fourth-order valence-corrected chi connectivity index (χ4v) is 1.52. The minimum Gasteiger partial charge on any atom is -0.356 e. The van der Waals surface area contributed by atoms with Crippen molar-refractivity contribution in [3.8, 4) is 0 Å². The summed E-state index contributed by atoms with van der Waals surface area (Å²) in [5, 5.41) is 7.79. The summed E-state index contributed by atoms with van der Waals surface area (Å²) in [6, 6.07) is 0.456. The van der Waals surface area contributed by atoms with Crippen LogP contribution in [-0.2, 0) is 0 Å². The summed E-state index contributed by atoms with van der Waals surface area (Å²) < 4.78 is 0. The molecule has 0 bridgehead atoms. The first kappa shape index (κ1) is 9.89. The number of hydrogen-bond acceptors (Lipinski definition) is 4. The van der Waals surface area contributed by atoms with Crippen LogP contribution in [-0.4, -0.2) is 33.3 Å². The Morgan fingerprint density at radius 3 is 3.00 bits per heavy atom. The molecule has 15 heavy (non-hydrogen) atoms. The van der Waals surface area contributed by atoms with E-state index in [2.05, 4.69) is 38.9 Å². The maximum absolute atomic E-state index is 4.30. The van der Waals surface area contributed by atoms with Crippen LogP contribution in [0.2, 0.25) is 0 Å². The third kappa shape index (κ3) is 1.65. The van der Waals surface area contributed by atoms with E-state index in [4.69, 9.17) is 0 Å². The van der Waals surface area contributed by atoms with Gasteiger partial charge in [0.1, 0.15) is 12.1 Å². The summed E-state index contributed by atoms with van der Waals surface area (Å²) in [5.74, 6) is 0.933. The van der Waals surface area contributed by atoms with Crippen molar-refractivity contribution in [1.82, 2.24) is 20.2 Å². The zero-order chi connectivity index (χ0) is 10.8. The number of H-pyrrole nitrogens is 1. The number of nitrogens with zero attached hydrogens (tertiary/aromatic N) is 4. The van der Waals surface area contributed by atoms with E-state index in [0.29, 0.717) is 6.04 Å². The number of hydrogen-bond donors (Lipinski definition) is 1. The molecule has 5 heteroatoms. The van der Waals surface area contributed by atoms with Crippen molar-refractivity contribution in [3.63, 3.8) is 0 Å². The number of anilines is 1. The average Bonchev–Trinajstić information content (AvgIpc) is 2.74. The second kappa shape index (κ2) is 3.84. The quantitative estimate of drug-likeness (QED) is 0.826. The molecule has 0 radical (unpaired) electrons. The molecule has 2 aromatic heterocycles. The number of rotatable bonds is 3. The fraction of sp³-hybridized carbons (Fsp3) is 0.500. The van der Waals surface area contributed by atoms with E-state index >= 15 is 0 Å². The van der Waals surface area contributed by atoms with Crippen molar-refractivity contribution < 1.29 is 0 Å². The van der Waals surface area contributed by atoms with Gasteiger partial charge in [-0.2, -0.15) is 5.10 Å². The van der Waals surface area contributed by atoms with Gasteiger partial charge in [0.05, 0.1) is 11.6 Å². The Morgan fingerprint density at radius 2 is 2.27 bits per heavy atom. The number of aromatic amines is 1. The molecule has 0 spiro atoms. The topological polar surface area (TPSA) is 57.7 Å². The Hall–Kier alpha value is -1.65. The first-order chi connectivity index (χ1) is 7.24. The maximum Gasteiger partial charge on any atom is 0.160 e. The molecule has 5 nitrogen and oxygen atoms in total. The Morgan fingerprint density at radius 1 is 1.47 bits per heavy atom. The zero-order valence-corrected chi connectivity index (χ0v) is 9.23. The van der Waals surface area contributed by atoms with Gasteiger partial charge in [0.25, 0.3) is 0 Å². The third-order valence-corrected chi connectivity index (χ3v) is 2.81. The fourth-order valence-electron chi connectivity index (χ4n) is 1.52. The van der Waals surface area contributed by atoms with E-state index in [1.807, 2.05) is 7.05 Å². The summed E-state index contributed by atoms with van der Waals surface area (Å²) in [6.45, 7) is 4.34. The molecular weight excluding hydrogens is 190 g/mol. The lowest BCUT2D eigenvalue weighted by atomic mass is 10.2. The molecule has 2 heterocycles. The van der Waals surface area contributed by atoms with Crippen LogP contribution in [0, 0.1) is 0 Å². The number of aromatic nitrogens is 4. The Labute approximate surface area is 88.5 Å². The second-order valence-corrected chi connectivity index (χ2v) is 3.70. The van der Waals surface area contributed by atoms with Crippen LogP contribution in [0.4, 0.5) is 5.82 Å². The van der Waals surface area contributed by atoms with Crippen LogP contribution >= 0.6 is 0 Å². The maximum atomic E-state index is 4.30. The summed E-state index contributed by atoms with van der Waals surface area (Å²) in [5.41, 5.74) is 0.787. The smallest absolute Gasteiger partial charge is 0.160 e. The number of fused-ring (bicyclic) bond motifs is 1. The minimum absolute atomic E-state index is 0.456. The molecule has 0 amide bonds. The van der Waals surface area contributed by atoms with Gasteiger partial charge in [0.2, 0.25) is 0 Å². The van der Waals surface area contributed by atoms with Gasteiger partial charge in [0.15, 0.2) is 5.65 Å². The van der Waals surface area contributed by atoms with Crippen LogP contribution in [0.25, 0.3) is 11.0 Å². The first-order valence-corrected chi connectivity index (χ1v) is 5.11. The van der Waals surface area contributed by atoms with Gasteiger partial charge >= 0.3 is 0 Å². The molecule has 0 saturated carbocycles.